The largest absolute Gasteiger partial charge is 0.385 e. The molecule has 1 N–H and O–H groups in total. The van der Waals surface area contributed by atoms with E-state index < -0.39 is 0 Å². The number of nitriles is 1. The van der Waals surface area contributed by atoms with Gasteiger partial charge in [0.1, 0.15) is 6.07 Å². The van der Waals surface area contributed by atoms with E-state index in [0.29, 0.717) is 10.6 Å². The van der Waals surface area contributed by atoms with Crippen LogP contribution in [0.2, 0.25) is 5.02 Å². The van der Waals surface area contributed by atoms with Crippen LogP contribution in [0.3, 0.4) is 0 Å². The number of halogens is 1. The molecular formula is C14H17ClN2. The number of hydrogen-bond acceptors (Lipinski definition) is 2. The summed E-state index contributed by atoms with van der Waals surface area (Å²) in [7, 11) is 0. The van der Waals surface area contributed by atoms with E-state index in [4.69, 9.17) is 16.9 Å². The van der Waals surface area contributed by atoms with Crippen molar-refractivity contribution in [1.82, 2.24) is 0 Å². The van der Waals surface area contributed by atoms with E-state index in [0.717, 1.165) is 24.1 Å². The van der Waals surface area contributed by atoms with Crippen molar-refractivity contribution in [3.8, 4) is 6.07 Å². The second kappa shape index (κ2) is 5.42. The third-order valence-corrected chi connectivity index (χ3v) is 4.01. The maximum atomic E-state index is 8.79. The van der Waals surface area contributed by atoms with E-state index in [1.807, 2.05) is 12.1 Å². The fourth-order valence-electron chi connectivity index (χ4n) is 2.49. The molecule has 0 aromatic heterocycles. The maximum Gasteiger partial charge on any atom is 0.101 e. The normalized spacial score (nSPS) is 23.4. The molecule has 17 heavy (non-hydrogen) atoms. The number of benzene rings is 1. The molecule has 1 aliphatic carbocycles. The van der Waals surface area contributed by atoms with Gasteiger partial charge in [-0.15, -0.1) is 0 Å². The molecule has 2 nitrogen and oxygen atoms in total. The molecule has 0 bridgehead atoms. The van der Waals surface area contributed by atoms with Gasteiger partial charge in [-0.05, 0) is 36.5 Å². The third-order valence-electron chi connectivity index (χ3n) is 3.70. The van der Waals surface area contributed by atoms with Crippen molar-refractivity contribution in [1.29, 1.82) is 5.26 Å². The van der Waals surface area contributed by atoms with Crippen LogP contribution in [0.1, 0.15) is 31.7 Å². The van der Waals surface area contributed by atoms with E-state index in [2.05, 4.69) is 18.3 Å². The second-order valence-corrected chi connectivity index (χ2v) is 5.26. The highest BCUT2D eigenvalue weighted by Gasteiger charge is 2.22. The zero-order valence-electron chi connectivity index (χ0n) is 10.0. The average molecular weight is 249 g/mol. The highest BCUT2D eigenvalue weighted by atomic mass is 35.5. The first-order valence-corrected chi connectivity index (χ1v) is 6.52. The standard InChI is InChI=1S/C14H17ClN2/c1-10-3-2-4-12(10)9-17-13-6-5-11(8-16)14(15)7-13/h5-7,10,12,17H,2-4,9H2,1H3. The summed E-state index contributed by atoms with van der Waals surface area (Å²) in [6, 6.07) is 7.59. The molecule has 0 amide bonds. The predicted molar refractivity (Wildman–Crippen MR) is 71.2 cm³/mol. The monoisotopic (exact) mass is 248 g/mol. The lowest BCUT2D eigenvalue weighted by atomic mass is 9.98. The number of rotatable bonds is 3. The van der Waals surface area contributed by atoms with E-state index >= 15 is 0 Å². The highest BCUT2D eigenvalue weighted by Crippen LogP contribution is 2.31. The summed E-state index contributed by atoms with van der Waals surface area (Å²) in [5.74, 6) is 1.58. The van der Waals surface area contributed by atoms with Gasteiger partial charge in [-0.3, -0.25) is 0 Å². The molecular weight excluding hydrogens is 232 g/mol. The molecule has 0 radical (unpaired) electrons. The van der Waals surface area contributed by atoms with Crippen molar-refractivity contribution in [3.05, 3.63) is 28.8 Å². The van der Waals surface area contributed by atoms with Gasteiger partial charge in [0.15, 0.2) is 0 Å². The molecule has 1 aliphatic rings. The Kier molecular flexibility index (Phi) is 3.91. The van der Waals surface area contributed by atoms with Crippen molar-refractivity contribution in [2.45, 2.75) is 26.2 Å². The Morgan fingerprint density at radius 1 is 1.47 bits per heavy atom. The minimum absolute atomic E-state index is 0.525. The number of anilines is 1. The van der Waals surface area contributed by atoms with E-state index in [1.54, 1.807) is 6.07 Å². The molecule has 2 unspecified atom stereocenters. The molecule has 1 aromatic carbocycles. The zero-order valence-corrected chi connectivity index (χ0v) is 10.8. The first-order chi connectivity index (χ1) is 8.20. The number of nitrogens with zero attached hydrogens (tertiary/aromatic N) is 1. The topological polar surface area (TPSA) is 35.8 Å². The summed E-state index contributed by atoms with van der Waals surface area (Å²) in [5.41, 5.74) is 1.54. The Balaban J connectivity index is 1.95. The van der Waals surface area contributed by atoms with Crippen LogP contribution in [-0.2, 0) is 0 Å². The maximum absolute atomic E-state index is 8.79. The quantitative estimate of drug-likeness (QED) is 0.876. The lowest BCUT2D eigenvalue weighted by Gasteiger charge is -2.16. The van der Waals surface area contributed by atoms with Crippen molar-refractivity contribution in [3.63, 3.8) is 0 Å². The fraction of sp³-hybridized carbons (Fsp3) is 0.500. The summed E-state index contributed by atoms with van der Waals surface area (Å²) in [4.78, 5) is 0. The van der Waals surface area contributed by atoms with E-state index in [1.165, 1.54) is 19.3 Å². The van der Waals surface area contributed by atoms with Gasteiger partial charge in [0.2, 0.25) is 0 Å². The van der Waals surface area contributed by atoms with Gasteiger partial charge in [-0.2, -0.15) is 5.26 Å². The minimum Gasteiger partial charge on any atom is -0.385 e. The molecule has 2 atom stereocenters. The second-order valence-electron chi connectivity index (χ2n) is 4.86. The number of nitrogens with one attached hydrogen (secondary N) is 1. The Labute approximate surface area is 108 Å². The van der Waals surface area contributed by atoms with Crippen LogP contribution in [0, 0.1) is 23.2 Å². The molecule has 0 heterocycles. The smallest absolute Gasteiger partial charge is 0.101 e. The average Bonchev–Trinajstić information content (AvgIpc) is 2.72. The Bertz CT molecular complexity index is 436. The first kappa shape index (κ1) is 12.3. The van der Waals surface area contributed by atoms with Crippen LogP contribution in [0.25, 0.3) is 0 Å². The fourth-order valence-corrected chi connectivity index (χ4v) is 2.71. The zero-order chi connectivity index (χ0) is 12.3. The number of hydrogen-bond donors (Lipinski definition) is 1. The summed E-state index contributed by atoms with van der Waals surface area (Å²) in [6.07, 6.45) is 4.01. The lowest BCUT2D eigenvalue weighted by molar-refractivity contribution is 0.440. The highest BCUT2D eigenvalue weighted by molar-refractivity contribution is 6.32. The van der Waals surface area contributed by atoms with Crippen LogP contribution < -0.4 is 5.32 Å². The van der Waals surface area contributed by atoms with E-state index in [9.17, 15) is 0 Å². The van der Waals surface area contributed by atoms with Gasteiger partial charge in [0.25, 0.3) is 0 Å². The summed E-state index contributed by atoms with van der Waals surface area (Å²) in [6.45, 7) is 3.33. The van der Waals surface area contributed by atoms with Crippen molar-refractivity contribution in [2.75, 3.05) is 11.9 Å². The molecule has 3 heteroatoms. The summed E-state index contributed by atoms with van der Waals surface area (Å²) >= 11 is 5.99. The van der Waals surface area contributed by atoms with Crippen LogP contribution in [-0.4, -0.2) is 6.54 Å². The van der Waals surface area contributed by atoms with Crippen molar-refractivity contribution in [2.24, 2.45) is 11.8 Å². The molecule has 1 saturated carbocycles. The predicted octanol–water partition coefficient (Wildman–Crippen LogP) is 4.06. The Morgan fingerprint density at radius 2 is 2.29 bits per heavy atom. The van der Waals surface area contributed by atoms with Crippen LogP contribution in [0.4, 0.5) is 5.69 Å². The molecule has 1 aromatic rings. The Hall–Kier alpha value is -1.20. The third kappa shape index (κ3) is 2.92. The first-order valence-electron chi connectivity index (χ1n) is 6.14. The van der Waals surface area contributed by atoms with Gasteiger partial charge < -0.3 is 5.32 Å². The molecule has 0 saturated heterocycles. The minimum atomic E-state index is 0.525. The van der Waals surface area contributed by atoms with Crippen molar-refractivity contribution >= 4 is 17.3 Å². The molecule has 1 fully saturated rings. The van der Waals surface area contributed by atoms with Gasteiger partial charge in [0.05, 0.1) is 10.6 Å². The van der Waals surface area contributed by atoms with E-state index in [-0.39, 0.29) is 0 Å². The van der Waals surface area contributed by atoms with Gasteiger partial charge in [0, 0.05) is 12.2 Å². The SMILES string of the molecule is CC1CCCC1CNc1ccc(C#N)c(Cl)c1. The van der Waals surface area contributed by atoms with Crippen molar-refractivity contribution < 1.29 is 0 Å². The van der Waals surface area contributed by atoms with Gasteiger partial charge in [-0.25, -0.2) is 0 Å². The molecule has 0 spiro atoms. The van der Waals surface area contributed by atoms with Crippen LogP contribution in [0.15, 0.2) is 18.2 Å². The van der Waals surface area contributed by atoms with Gasteiger partial charge >= 0.3 is 0 Å². The van der Waals surface area contributed by atoms with Gasteiger partial charge in [-0.1, -0.05) is 31.4 Å². The van der Waals surface area contributed by atoms with Crippen LogP contribution >= 0.6 is 11.6 Å². The summed E-state index contributed by atoms with van der Waals surface area (Å²) in [5, 5.41) is 12.7. The molecule has 0 aliphatic heterocycles. The summed E-state index contributed by atoms with van der Waals surface area (Å²) < 4.78 is 0. The van der Waals surface area contributed by atoms with Crippen LogP contribution in [0.5, 0.6) is 0 Å². The Morgan fingerprint density at radius 3 is 2.88 bits per heavy atom. The molecule has 90 valence electrons. The molecule has 2 rings (SSSR count). The lowest BCUT2D eigenvalue weighted by Crippen LogP contribution is -2.16.